The molecule has 0 amide bonds. The predicted octanol–water partition coefficient (Wildman–Crippen LogP) is 6.32. The van der Waals surface area contributed by atoms with Crippen LogP contribution in [0, 0.1) is 16.2 Å². The first-order valence-corrected chi connectivity index (χ1v) is 8.33. The minimum atomic E-state index is 0.109. The molecular formula is C20H39N. The van der Waals surface area contributed by atoms with Crippen LogP contribution in [0.15, 0.2) is 24.4 Å². The van der Waals surface area contributed by atoms with Crippen molar-refractivity contribution in [3.63, 3.8) is 0 Å². The highest BCUT2D eigenvalue weighted by Crippen LogP contribution is 2.34. The summed E-state index contributed by atoms with van der Waals surface area (Å²) in [7, 11) is 0. The average Bonchev–Trinajstić information content (AvgIpc) is 2.22. The van der Waals surface area contributed by atoms with E-state index in [1.807, 2.05) is 0 Å². The first-order valence-electron chi connectivity index (χ1n) is 8.33. The zero-order valence-corrected chi connectivity index (χ0v) is 16.1. The molecule has 124 valence electrons. The minimum Gasteiger partial charge on any atom is -0.383 e. The van der Waals surface area contributed by atoms with Crippen LogP contribution in [0.3, 0.4) is 0 Å². The second-order valence-corrected chi connectivity index (χ2v) is 9.57. The van der Waals surface area contributed by atoms with Crippen LogP contribution in [0.1, 0.15) is 81.6 Å². The lowest BCUT2D eigenvalue weighted by Crippen LogP contribution is -2.37. The lowest BCUT2D eigenvalue weighted by molar-refractivity contribution is 0.248. The van der Waals surface area contributed by atoms with E-state index in [4.69, 9.17) is 0 Å². The van der Waals surface area contributed by atoms with Crippen molar-refractivity contribution in [1.29, 1.82) is 0 Å². The van der Waals surface area contributed by atoms with Crippen molar-refractivity contribution in [2.45, 2.75) is 87.6 Å². The van der Waals surface area contributed by atoms with Crippen LogP contribution in [-0.4, -0.2) is 6.04 Å². The van der Waals surface area contributed by atoms with Gasteiger partial charge in [0.05, 0.1) is 0 Å². The third-order valence-electron chi connectivity index (χ3n) is 4.16. The van der Waals surface area contributed by atoms with Gasteiger partial charge in [-0.05, 0) is 41.1 Å². The van der Waals surface area contributed by atoms with Crippen molar-refractivity contribution < 1.29 is 0 Å². The van der Waals surface area contributed by atoms with Gasteiger partial charge in [-0.1, -0.05) is 75.5 Å². The van der Waals surface area contributed by atoms with Gasteiger partial charge in [0.25, 0.3) is 0 Å². The molecule has 0 aliphatic carbocycles. The Balaban J connectivity index is 4.97. The molecule has 1 heteroatoms. The van der Waals surface area contributed by atoms with Crippen molar-refractivity contribution in [2.75, 3.05) is 0 Å². The Morgan fingerprint density at radius 3 is 1.52 bits per heavy atom. The van der Waals surface area contributed by atoms with Crippen molar-refractivity contribution in [3.05, 3.63) is 24.4 Å². The molecule has 0 atom stereocenters. The van der Waals surface area contributed by atoms with Crippen LogP contribution < -0.4 is 5.32 Å². The molecule has 0 aliphatic heterocycles. The van der Waals surface area contributed by atoms with Crippen LogP contribution in [0.25, 0.3) is 0 Å². The second-order valence-electron chi connectivity index (χ2n) is 9.57. The Morgan fingerprint density at radius 2 is 1.24 bits per heavy atom. The summed E-state index contributed by atoms with van der Waals surface area (Å²) in [5.41, 5.74) is 2.88. The lowest BCUT2D eigenvalue weighted by Gasteiger charge is -2.35. The topological polar surface area (TPSA) is 12.0 Å². The molecule has 0 radical (unpaired) electrons. The van der Waals surface area contributed by atoms with Crippen molar-refractivity contribution >= 4 is 0 Å². The summed E-state index contributed by atoms with van der Waals surface area (Å²) >= 11 is 0. The van der Waals surface area contributed by atoms with Gasteiger partial charge in [0.15, 0.2) is 0 Å². The van der Waals surface area contributed by atoms with Crippen LogP contribution in [0.4, 0.5) is 0 Å². The molecule has 0 bridgehead atoms. The Morgan fingerprint density at radius 1 is 0.857 bits per heavy atom. The van der Waals surface area contributed by atoms with Gasteiger partial charge in [-0.3, -0.25) is 0 Å². The first kappa shape index (κ1) is 20.3. The van der Waals surface area contributed by atoms with E-state index in [1.165, 1.54) is 0 Å². The maximum Gasteiger partial charge on any atom is 0.0301 e. The van der Waals surface area contributed by atoms with Crippen LogP contribution in [0.5, 0.6) is 0 Å². The van der Waals surface area contributed by atoms with Crippen molar-refractivity contribution in [3.8, 4) is 0 Å². The number of allylic oxidation sites excluding steroid dienone is 1. The largest absolute Gasteiger partial charge is 0.383 e. The Labute approximate surface area is 134 Å². The molecule has 0 aromatic carbocycles. The van der Waals surface area contributed by atoms with Crippen LogP contribution >= 0.6 is 0 Å². The highest BCUT2D eigenvalue weighted by Gasteiger charge is 2.27. The smallest absolute Gasteiger partial charge is 0.0301 e. The molecule has 0 rings (SSSR count). The van der Waals surface area contributed by atoms with Gasteiger partial charge < -0.3 is 5.32 Å². The van der Waals surface area contributed by atoms with E-state index < -0.39 is 0 Å². The molecule has 0 fully saturated rings. The van der Waals surface area contributed by atoms with E-state index in [-0.39, 0.29) is 5.41 Å². The fourth-order valence-corrected chi connectivity index (χ4v) is 2.61. The van der Waals surface area contributed by atoms with Gasteiger partial charge in [0.2, 0.25) is 0 Å². The van der Waals surface area contributed by atoms with E-state index in [9.17, 15) is 0 Å². The molecule has 0 aliphatic rings. The molecule has 0 heterocycles. The Bertz CT molecular complexity index is 344. The van der Waals surface area contributed by atoms with Gasteiger partial charge in [0.1, 0.15) is 0 Å². The van der Waals surface area contributed by atoms with E-state index in [1.54, 1.807) is 0 Å². The van der Waals surface area contributed by atoms with Crippen molar-refractivity contribution in [1.82, 2.24) is 5.32 Å². The summed E-state index contributed by atoms with van der Waals surface area (Å²) in [6.45, 7) is 29.1. The molecule has 1 nitrogen and oxygen atoms in total. The van der Waals surface area contributed by atoms with Crippen LogP contribution in [-0.2, 0) is 0 Å². The van der Waals surface area contributed by atoms with Gasteiger partial charge in [-0.2, -0.15) is 0 Å². The van der Waals surface area contributed by atoms with Crippen molar-refractivity contribution in [2.24, 2.45) is 16.2 Å². The number of hydrogen-bond donors (Lipinski definition) is 1. The average molecular weight is 294 g/mol. The Hall–Kier alpha value is -0.720. The summed E-state index contributed by atoms with van der Waals surface area (Å²) in [6, 6.07) is 0.446. The summed E-state index contributed by atoms with van der Waals surface area (Å²) in [5.74, 6) is 0. The predicted molar refractivity (Wildman–Crippen MR) is 97.4 cm³/mol. The van der Waals surface area contributed by atoms with Crippen LogP contribution in [0.2, 0.25) is 0 Å². The molecule has 0 aromatic rings. The second kappa shape index (κ2) is 7.03. The lowest BCUT2D eigenvalue weighted by atomic mass is 9.78. The van der Waals surface area contributed by atoms with E-state index in [0.29, 0.717) is 16.9 Å². The highest BCUT2D eigenvalue weighted by atomic mass is 14.9. The molecule has 1 N–H and O–H groups in total. The minimum absolute atomic E-state index is 0.109. The summed E-state index contributed by atoms with van der Waals surface area (Å²) in [4.78, 5) is 0. The van der Waals surface area contributed by atoms with Gasteiger partial charge in [0, 0.05) is 11.7 Å². The molecule has 0 saturated carbocycles. The van der Waals surface area contributed by atoms with E-state index in [0.717, 1.165) is 30.5 Å². The van der Waals surface area contributed by atoms with E-state index >= 15 is 0 Å². The third kappa shape index (κ3) is 8.34. The zero-order chi connectivity index (χ0) is 17.1. The molecule has 21 heavy (non-hydrogen) atoms. The quantitative estimate of drug-likeness (QED) is 0.541. The van der Waals surface area contributed by atoms with Gasteiger partial charge >= 0.3 is 0 Å². The Kier molecular flexibility index (Phi) is 6.79. The summed E-state index contributed by atoms with van der Waals surface area (Å²) < 4.78 is 0. The monoisotopic (exact) mass is 293 g/mol. The highest BCUT2D eigenvalue weighted by molar-refractivity contribution is 5.29. The third-order valence-corrected chi connectivity index (χ3v) is 4.16. The van der Waals surface area contributed by atoms with Gasteiger partial charge in [-0.15, -0.1) is 0 Å². The van der Waals surface area contributed by atoms with Gasteiger partial charge in [-0.25, -0.2) is 0 Å². The summed E-state index contributed by atoms with van der Waals surface area (Å²) in [6.07, 6.45) is 3.36. The molecule has 0 aromatic heterocycles. The molecule has 0 unspecified atom stereocenters. The number of rotatable bonds is 7. The standard InChI is InChI=1S/C20H39N/c1-12-20(10,11)15(2)16(3)21-17(13-18(4,5)6)14-19(7,8)9/h17,21H,2-3,12-14H2,1,4-11H3. The maximum atomic E-state index is 4.28. The maximum absolute atomic E-state index is 4.28. The molecule has 0 spiro atoms. The van der Waals surface area contributed by atoms with E-state index in [2.05, 4.69) is 80.8 Å². The fourth-order valence-electron chi connectivity index (χ4n) is 2.61. The molecule has 0 saturated heterocycles. The molecular weight excluding hydrogens is 254 g/mol. The first-order chi connectivity index (χ1) is 9.18. The normalized spacial score (nSPS) is 13.4. The number of nitrogens with one attached hydrogen (secondary N) is 1. The summed E-state index contributed by atoms with van der Waals surface area (Å²) in [5, 5.41) is 3.68. The fraction of sp³-hybridized carbons (Fsp3) is 0.800. The SMILES string of the molecule is C=C(NC(CC(C)(C)C)CC(C)(C)C)C(=C)C(C)(C)CC. The zero-order valence-electron chi connectivity index (χ0n) is 16.1. The number of hydrogen-bond acceptors (Lipinski definition) is 1.